The topological polar surface area (TPSA) is 86.3 Å². The molecular formula is C10H17N3O3S. The molecule has 1 aliphatic rings. The van der Waals surface area contributed by atoms with E-state index in [1.165, 1.54) is 4.31 Å². The quantitative estimate of drug-likeness (QED) is 0.814. The van der Waals surface area contributed by atoms with Crippen LogP contribution in [0.4, 0.5) is 0 Å². The van der Waals surface area contributed by atoms with Crippen LogP contribution in [0.3, 0.4) is 0 Å². The second kappa shape index (κ2) is 4.40. The third kappa shape index (κ3) is 2.10. The Kier molecular flexibility index (Phi) is 3.24. The Bertz CT molecular complexity index is 509. The van der Waals surface area contributed by atoms with E-state index in [0.717, 1.165) is 6.42 Å². The van der Waals surface area contributed by atoms with Gasteiger partial charge in [-0.3, -0.25) is 5.10 Å². The molecule has 7 heteroatoms. The molecule has 0 aliphatic carbocycles. The molecule has 1 unspecified atom stereocenters. The molecule has 0 aromatic carbocycles. The summed E-state index contributed by atoms with van der Waals surface area (Å²) in [5.41, 5.74) is 0.677. The van der Waals surface area contributed by atoms with Crippen molar-refractivity contribution in [3.05, 3.63) is 11.4 Å². The number of aryl methyl sites for hydroxylation is 1. The van der Waals surface area contributed by atoms with Crippen molar-refractivity contribution in [3.63, 3.8) is 0 Å². The van der Waals surface area contributed by atoms with Crippen molar-refractivity contribution in [1.82, 2.24) is 14.5 Å². The third-order valence-corrected chi connectivity index (χ3v) is 5.16. The summed E-state index contributed by atoms with van der Waals surface area (Å²) in [5, 5.41) is 15.5. The van der Waals surface area contributed by atoms with Crippen LogP contribution in [0.1, 0.15) is 24.7 Å². The van der Waals surface area contributed by atoms with Gasteiger partial charge in [-0.25, -0.2) is 8.42 Å². The SMILES string of the molecule is Cc1[nH]nc(CO)c1S(=O)(=O)N1CCC(C)C1. The van der Waals surface area contributed by atoms with Crippen LogP contribution in [-0.4, -0.2) is 41.1 Å². The molecule has 0 radical (unpaired) electrons. The summed E-state index contributed by atoms with van der Waals surface area (Å²) < 4.78 is 26.3. The van der Waals surface area contributed by atoms with E-state index in [2.05, 4.69) is 10.2 Å². The first-order valence-electron chi connectivity index (χ1n) is 5.61. The number of nitrogens with zero attached hydrogens (tertiary/aromatic N) is 2. The zero-order valence-corrected chi connectivity index (χ0v) is 10.8. The molecule has 1 fully saturated rings. The van der Waals surface area contributed by atoms with Crippen molar-refractivity contribution < 1.29 is 13.5 Å². The molecule has 0 spiro atoms. The molecule has 1 atom stereocenters. The first kappa shape index (κ1) is 12.5. The molecule has 6 nitrogen and oxygen atoms in total. The van der Waals surface area contributed by atoms with Crippen LogP contribution in [0.2, 0.25) is 0 Å². The van der Waals surface area contributed by atoms with Gasteiger partial charge in [0.05, 0.1) is 12.3 Å². The number of aliphatic hydroxyl groups excluding tert-OH is 1. The number of H-pyrrole nitrogens is 1. The van der Waals surface area contributed by atoms with E-state index in [9.17, 15) is 8.42 Å². The van der Waals surface area contributed by atoms with Crippen LogP contribution < -0.4 is 0 Å². The smallest absolute Gasteiger partial charge is 0.246 e. The molecule has 1 aromatic heterocycles. The minimum atomic E-state index is -3.52. The van der Waals surface area contributed by atoms with Gasteiger partial charge < -0.3 is 5.11 Å². The van der Waals surface area contributed by atoms with Gasteiger partial charge in [0.15, 0.2) is 0 Å². The van der Waals surface area contributed by atoms with Gasteiger partial charge >= 0.3 is 0 Å². The number of hydrogen-bond donors (Lipinski definition) is 2. The van der Waals surface area contributed by atoms with Crippen molar-refractivity contribution in [2.45, 2.75) is 31.8 Å². The highest BCUT2D eigenvalue weighted by Crippen LogP contribution is 2.27. The van der Waals surface area contributed by atoms with Crippen LogP contribution in [-0.2, 0) is 16.6 Å². The summed E-state index contributed by atoms with van der Waals surface area (Å²) in [6, 6.07) is 0. The highest BCUT2D eigenvalue weighted by Gasteiger charge is 2.34. The van der Waals surface area contributed by atoms with E-state index in [1.54, 1.807) is 6.92 Å². The zero-order valence-electron chi connectivity index (χ0n) is 9.97. The van der Waals surface area contributed by atoms with Crippen LogP contribution in [0.25, 0.3) is 0 Å². The Morgan fingerprint density at radius 3 is 2.82 bits per heavy atom. The maximum Gasteiger partial charge on any atom is 0.246 e. The minimum Gasteiger partial charge on any atom is -0.390 e. The minimum absolute atomic E-state index is 0.133. The largest absolute Gasteiger partial charge is 0.390 e. The number of aromatic amines is 1. The first-order valence-corrected chi connectivity index (χ1v) is 7.05. The van der Waals surface area contributed by atoms with E-state index in [4.69, 9.17) is 5.11 Å². The van der Waals surface area contributed by atoms with Gasteiger partial charge in [0, 0.05) is 13.1 Å². The summed E-state index contributed by atoms with van der Waals surface area (Å²) in [5.74, 6) is 0.384. The fourth-order valence-corrected chi connectivity index (χ4v) is 4.06. The second-order valence-electron chi connectivity index (χ2n) is 4.54. The van der Waals surface area contributed by atoms with E-state index in [0.29, 0.717) is 24.7 Å². The van der Waals surface area contributed by atoms with Crippen LogP contribution >= 0.6 is 0 Å². The van der Waals surface area contributed by atoms with Crippen molar-refractivity contribution in [2.75, 3.05) is 13.1 Å². The number of nitrogens with one attached hydrogen (secondary N) is 1. The predicted molar refractivity (Wildman–Crippen MR) is 61.8 cm³/mol. The lowest BCUT2D eigenvalue weighted by molar-refractivity contribution is 0.273. The molecular weight excluding hydrogens is 242 g/mol. The molecule has 2 heterocycles. The van der Waals surface area contributed by atoms with Gasteiger partial charge in [-0.15, -0.1) is 0 Å². The number of aliphatic hydroxyl groups is 1. The summed E-state index contributed by atoms with van der Waals surface area (Å²) >= 11 is 0. The molecule has 2 rings (SSSR count). The van der Waals surface area contributed by atoms with Gasteiger partial charge in [-0.05, 0) is 19.3 Å². The Morgan fingerprint density at radius 2 is 2.29 bits per heavy atom. The maximum atomic E-state index is 12.4. The molecule has 2 N–H and O–H groups in total. The van der Waals surface area contributed by atoms with Gasteiger partial charge in [0.2, 0.25) is 10.0 Å². The van der Waals surface area contributed by atoms with Crippen molar-refractivity contribution in [1.29, 1.82) is 0 Å². The lowest BCUT2D eigenvalue weighted by Gasteiger charge is -2.16. The van der Waals surface area contributed by atoms with Gasteiger partial charge in [-0.1, -0.05) is 6.92 Å². The lowest BCUT2D eigenvalue weighted by atomic mass is 10.2. The van der Waals surface area contributed by atoms with Gasteiger partial charge in [0.1, 0.15) is 10.6 Å². The van der Waals surface area contributed by atoms with Crippen LogP contribution in [0, 0.1) is 12.8 Å². The van der Waals surface area contributed by atoms with Crippen molar-refractivity contribution >= 4 is 10.0 Å². The second-order valence-corrected chi connectivity index (χ2v) is 6.41. The van der Waals surface area contributed by atoms with E-state index < -0.39 is 10.0 Å². The van der Waals surface area contributed by atoms with E-state index in [1.807, 2.05) is 6.92 Å². The average molecular weight is 259 g/mol. The van der Waals surface area contributed by atoms with Gasteiger partial charge in [0.25, 0.3) is 0 Å². The Balaban J connectivity index is 2.41. The number of sulfonamides is 1. The highest BCUT2D eigenvalue weighted by molar-refractivity contribution is 7.89. The molecule has 1 aliphatic heterocycles. The molecule has 17 heavy (non-hydrogen) atoms. The predicted octanol–water partition coefficient (Wildman–Crippen LogP) is 0.241. The summed E-state index contributed by atoms with van der Waals surface area (Å²) in [7, 11) is -3.52. The molecule has 1 saturated heterocycles. The average Bonchev–Trinajstić information content (AvgIpc) is 2.84. The molecule has 96 valence electrons. The number of hydrogen-bond acceptors (Lipinski definition) is 4. The fourth-order valence-electron chi connectivity index (χ4n) is 2.16. The van der Waals surface area contributed by atoms with E-state index >= 15 is 0 Å². The first-order chi connectivity index (χ1) is 7.96. The molecule has 0 amide bonds. The lowest BCUT2D eigenvalue weighted by Crippen LogP contribution is -2.29. The normalized spacial score (nSPS) is 22.2. The third-order valence-electron chi connectivity index (χ3n) is 3.10. The van der Waals surface area contributed by atoms with Gasteiger partial charge in [-0.2, -0.15) is 9.40 Å². The van der Waals surface area contributed by atoms with Crippen LogP contribution in [0.15, 0.2) is 4.90 Å². The Hall–Kier alpha value is -0.920. The summed E-state index contributed by atoms with van der Waals surface area (Å²) in [6.45, 7) is 4.39. The summed E-state index contributed by atoms with van der Waals surface area (Å²) in [4.78, 5) is 0.133. The fraction of sp³-hybridized carbons (Fsp3) is 0.700. The van der Waals surface area contributed by atoms with Crippen molar-refractivity contribution in [3.8, 4) is 0 Å². The Morgan fingerprint density at radius 1 is 1.59 bits per heavy atom. The van der Waals surface area contributed by atoms with Crippen LogP contribution in [0.5, 0.6) is 0 Å². The molecule has 1 aromatic rings. The number of rotatable bonds is 3. The Labute approximate surface area is 101 Å². The maximum absolute atomic E-state index is 12.4. The molecule has 0 saturated carbocycles. The number of aromatic nitrogens is 2. The summed E-state index contributed by atoms with van der Waals surface area (Å²) in [6.07, 6.45) is 0.880. The van der Waals surface area contributed by atoms with E-state index in [-0.39, 0.29) is 17.2 Å². The molecule has 0 bridgehead atoms. The van der Waals surface area contributed by atoms with Crippen molar-refractivity contribution in [2.24, 2.45) is 5.92 Å². The standard InChI is InChI=1S/C10H17N3O3S/c1-7-3-4-13(5-7)17(15,16)10-8(2)11-12-9(10)6-14/h7,14H,3-6H2,1-2H3,(H,11,12). The highest BCUT2D eigenvalue weighted by atomic mass is 32.2. The zero-order chi connectivity index (χ0) is 12.6. The monoisotopic (exact) mass is 259 g/mol.